The highest BCUT2D eigenvalue weighted by Gasteiger charge is 2.52. The van der Waals surface area contributed by atoms with Crippen molar-refractivity contribution >= 4 is 24.0 Å². The van der Waals surface area contributed by atoms with Crippen LogP contribution >= 0.6 is 0 Å². The SMILES string of the molecule is CC1(C)OB(c2cc(N)cc(N)c2F)OC1(C)C. The lowest BCUT2D eigenvalue weighted by Gasteiger charge is -2.32. The molecule has 4 N–H and O–H groups in total. The average Bonchev–Trinajstić information content (AvgIpc) is 2.42. The van der Waals surface area contributed by atoms with Crippen molar-refractivity contribution in [2.24, 2.45) is 0 Å². The van der Waals surface area contributed by atoms with Crippen LogP contribution in [0.5, 0.6) is 0 Å². The maximum Gasteiger partial charge on any atom is 0.498 e. The predicted molar refractivity (Wildman–Crippen MR) is 70.9 cm³/mol. The first kappa shape index (κ1) is 13.2. The summed E-state index contributed by atoms with van der Waals surface area (Å²) in [5.74, 6) is -0.539. The summed E-state index contributed by atoms with van der Waals surface area (Å²) in [6.45, 7) is 7.61. The van der Waals surface area contributed by atoms with Gasteiger partial charge in [-0.25, -0.2) is 4.39 Å². The fourth-order valence-corrected chi connectivity index (χ4v) is 1.84. The summed E-state index contributed by atoms with van der Waals surface area (Å²) in [4.78, 5) is 0. The van der Waals surface area contributed by atoms with Gasteiger partial charge in [0.2, 0.25) is 0 Å². The maximum absolute atomic E-state index is 14.0. The molecule has 0 spiro atoms. The molecule has 1 fully saturated rings. The van der Waals surface area contributed by atoms with Crippen LogP contribution in [0.4, 0.5) is 15.8 Å². The van der Waals surface area contributed by atoms with Gasteiger partial charge in [-0.2, -0.15) is 0 Å². The van der Waals surface area contributed by atoms with Crippen molar-refractivity contribution < 1.29 is 13.7 Å². The van der Waals surface area contributed by atoms with Gasteiger partial charge < -0.3 is 20.8 Å². The van der Waals surface area contributed by atoms with Gasteiger partial charge in [-0.05, 0) is 39.8 Å². The molecule has 0 saturated carbocycles. The van der Waals surface area contributed by atoms with Crippen LogP contribution in [-0.4, -0.2) is 18.3 Å². The third-order valence-corrected chi connectivity index (χ3v) is 3.66. The lowest BCUT2D eigenvalue weighted by Crippen LogP contribution is -2.41. The quantitative estimate of drug-likeness (QED) is 0.583. The molecule has 1 aliphatic rings. The summed E-state index contributed by atoms with van der Waals surface area (Å²) in [5.41, 5.74) is 10.8. The highest BCUT2D eigenvalue weighted by molar-refractivity contribution is 6.62. The van der Waals surface area contributed by atoms with Gasteiger partial charge in [-0.3, -0.25) is 0 Å². The fraction of sp³-hybridized carbons (Fsp3) is 0.500. The van der Waals surface area contributed by atoms with Crippen molar-refractivity contribution in [2.45, 2.75) is 38.9 Å². The van der Waals surface area contributed by atoms with E-state index < -0.39 is 24.1 Å². The average molecular weight is 252 g/mol. The Kier molecular flexibility index (Phi) is 2.83. The molecule has 0 aromatic heterocycles. The van der Waals surface area contributed by atoms with E-state index >= 15 is 0 Å². The molecule has 1 heterocycles. The molecule has 6 heteroatoms. The number of hydrogen-bond acceptors (Lipinski definition) is 4. The van der Waals surface area contributed by atoms with Gasteiger partial charge in [0.15, 0.2) is 0 Å². The van der Waals surface area contributed by atoms with Gasteiger partial charge >= 0.3 is 7.12 Å². The fourth-order valence-electron chi connectivity index (χ4n) is 1.84. The molecular formula is C12H18BFN2O2. The molecule has 1 saturated heterocycles. The van der Waals surface area contributed by atoms with E-state index in [1.807, 2.05) is 27.7 Å². The molecule has 1 aromatic carbocycles. The third-order valence-electron chi connectivity index (χ3n) is 3.66. The lowest BCUT2D eigenvalue weighted by atomic mass is 9.78. The van der Waals surface area contributed by atoms with E-state index in [1.165, 1.54) is 12.1 Å². The Balaban J connectivity index is 2.41. The molecule has 0 aliphatic carbocycles. The van der Waals surface area contributed by atoms with Crippen molar-refractivity contribution in [1.82, 2.24) is 0 Å². The second-order valence-electron chi connectivity index (χ2n) is 5.60. The van der Waals surface area contributed by atoms with Crippen LogP contribution in [0.2, 0.25) is 0 Å². The number of benzene rings is 1. The zero-order chi connectivity index (χ0) is 13.7. The Morgan fingerprint density at radius 3 is 2.06 bits per heavy atom. The molecule has 1 aliphatic heterocycles. The molecule has 0 atom stereocenters. The zero-order valence-electron chi connectivity index (χ0n) is 11.1. The highest BCUT2D eigenvalue weighted by Crippen LogP contribution is 2.36. The Hall–Kier alpha value is -1.27. The molecule has 4 nitrogen and oxygen atoms in total. The number of anilines is 2. The second kappa shape index (κ2) is 3.86. The van der Waals surface area contributed by atoms with Crippen LogP contribution in [0.3, 0.4) is 0 Å². The third kappa shape index (κ3) is 1.95. The predicted octanol–water partition coefficient (Wildman–Crippen LogP) is 1.29. The van der Waals surface area contributed by atoms with Gasteiger partial charge in [0.05, 0.1) is 16.9 Å². The first-order valence-corrected chi connectivity index (χ1v) is 5.84. The van der Waals surface area contributed by atoms with Crippen molar-refractivity contribution in [1.29, 1.82) is 0 Å². The molecule has 1 aromatic rings. The molecule has 0 bridgehead atoms. The minimum atomic E-state index is -0.791. The van der Waals surface area contributed by atoms with E-state index in [1.54, 1.807) is 0 Å². The van der Waals surface area contributed by atoms with E-state index in [4.69, 9.17) is 20.8 Å². The van der Waals surface area contributed by atoms with Gasteiger partial charge in [-0.1, -0.05) is 0 Å². The smallest absolute Gasteiger partial charge is 0.399 e. The van der Waals surface area contributed by atoms with Crippen LogP contribution in [0.15, 0.2) is 12.1 Å². The summed E-state index contributed by atoms with van der Waals surface area (Å²) < 4.78 is 25.5. The number of halogens is 1. The van der Waals surface area contributed by atoms with Crippen LogP contribution in [0.1, 0.15) is 27.7 Å². The van der Waals surface area contributed by atoms with Crippen LogP contribution in [0, 0.1) is 5.82 Å². The van der Waals surface area contributed by atoms with Crippen molar-refractivity contribution in [3.63, 3.8) is 0 Å². The first-order chi connectivity index (χ1) is 8.14. The molecule has 98 valence electrons. The second-order valence-corrected chi connectivity index (χ2v) is 5.60. The number of nitrogens with two attached hydrogens (primary N) is 2. The normalized spacial score (nSPS) is 21.3. The zero-order valence-corrected chi connectivity index (χ0v) is 11.1. The van der Waals surface area contributed by atoms with Crippen molar-refractivity contribution in [3.8, 4) is 0 Å². The monoisotopic (exact) mass is 252 g/mol. The van der Waals surface area contributed by atoms with Gasteiger partial charge in [0.25, 0.3) is 0 Å². The number of hydrogen-bond donors (Lipinski definition) is 2. The Morgan fingerprint density at radius 2 is 1.56 bits per heavy atom. The summed E-state index contributed by atoms with van der Waals surface area (Å²) in [7, 11) is -0.791. The van der Waals surface area contributed by atoms with Gasteiger partial charge in [-0.15, -0.1) is 0 Å². The highest BCUT2D eigenvalue weighted by atomic mass is 19.1. The largest absolute Gasteiger partial charge is 0.498 e. The van der Waals surface area contributed by atoms with E-state index in [-0.39, 0.29) is 11.2 Å². The van der Waals surface area contributed by atoms with Crippen molar-refractivity contribution in [2.75, 3.05) is 11.5 Å². The number of rotatable bonds is 1. The Labute approximate surface area is 107 Å². The molecule has 18 heavy (non-hydrogen) atoms. The van der Waals surface area contributed by atoms with Crippen molar-refractivity contribution in [3.05, 3.63) is 17.9 Å². The molecular weight excluding hydrogens is 234 g/mol. The summed E-state index contributed by atoms with van der Waals surface area (Å²) in [5, 5.41) is 0. The Morgan fingerprint density at radius 1 is 1.06 bits per heavy atom. The molecule has 0 amide bonds. The minimum Gasteiger partial charge on any atom is -0.399 e. The first-order valence-electron chi connectivity index (χ1n) is 5.84. The van der Waals surface area contributed by atoms with E-state index in [9.17, 15) is 4.39 Å². The minimum absolute atomic E-state index is 0.000266. The molecule has 0 radical (unpaired) electrons. The Bertz CT molecular complexity index is 475. The van der Waals surface area contributed by atoms with Gasteiger partial charge in [0, 0.05) is 11.2 Å². The summed E-state index contributed by atoms with van der Waals surface area (Å²) in [6.07, 6.45) is 0. The summed E-state index contributed by atoms with van der Waals surface area (Å²) >= 11 is 0. The van der Waals surface area contributed by atoms with E-state index in [0.717, 1.165) is 0 Å². The number of nitrogen functional groups attached to an aromatic ring is 2. The maximum atomic E-state index is 14.0. The molecule has 0 unspecified atom stereocenters. The lowest BCUT2D eigenvalue weighted by molar-refractivity contribution is 0.00578. The molecule has 2 rings (SSSR count). The van der Waals surface area contributed by atoms with E-state index in [2.05, 4.69) is 0 Å². The topological polar surface area (TPSA) is 70.5 Å². The standard InChI is InChI=1S/C12H18BFN2O2/c1-11(2)12(3,4)18-13(17-11)8-5-7(15)6-9(16)10(8)14/h5-6H,15-16H2,1-4H3. The van der Waals surface area contributed by atoms with E-state index in [0.29, 0.717) is 5.69 Å². The van der Waals surface area contributed by atoms with Crippen LogP contribution in [-0.2, 0) is 9.31 Å². The summed E-state index contributed by atoms with van der Waals surface area (Å²) in [6, 6.07) is 2.87. The van der Waals surface area contributed by atoms with Gasteiger partial charge in [0.1, 0.15) is 5.82 Å². The van der Waals surface area contributed by atoms with Crippen LogP contribution in [0.25, 0.3) is 0 Å². The van der Waals surface area contributed by atoms with Crippen LogP contribution < -0.4 is 16.9 Å².